The Morgan fingerprint density at radius 3 is 2.79 bits per heavy atom. The molecule has 0 radical (unpaired) electrons. The van der Waals surface area contributed by atoms with Crippen LogP contribution in [0.5, 0.6) is 0 Å². The fourth-order valence-corrected chi connectivity index (χ4v) is 2.31. The molecule has 1 aromatic carbocycles. The molecule has 0 saturated carbocycles. The van der Waals surface area contributed by atoms with Crippen LogP contribution in [0.3, 0.4) is 0 Å². The third kappa shape index (κ3) is 2.74. The van der Waals surface area contributed by atoms with E-state index in [2.05, 4.69) is 5.16 Å². The summed E-state index contributed by atoms with van der Waals surface area (Å²) in [6.45, 7) is 0. The summed E-state index contributed by atoms with van der Waals surface area (Å²) < 4.78 is 0. The minimum atomic E-state index is -0.0911. The number of rotatable bonds is 3. The fourth-order valence-electron chi connectivity index (χ4n) is 1.61. The quantitative estimate of drug-likeness (QED) is 0.390. The van der Waals surface area contributed by atoms with Crippen LogP contribution in [0.25, 0.3) is 0 Å². The SMILES string of the molecule is CN(C(=O)c1cccs1)c1cccc(C(N)=NO)c1. The summed E-state index contributed by atoms with van der Waals surface area (Å²) in [5, 5.41) is 13.5. The summed E-state index contributed by atoms with van der Waals surface area (Å²) in [5.41, 5.74) is 6.78. The van der Waals surface area contributed by atoms with Crippen molar-refractivity contribution in [3.63, 3.8) is 0 Å². The molecule has 0 aliphatic carbocycles. The van der Waals surface area contributed by atoms with Gasteiger partial charge >= 0.3 is 0 Å². The van der Waals surface area contributed by atoms with Crippen molar-refractivity contribution in [2.75, 3.05) is 11.9 Å². The van der Waals surface area contributed by atoms with Gasteiger partial charge in [-0.1, -0.05) is 23.4 Å². The van der Waals surface area contributed by atoms with Crippen LogP contribution in [0.1, 0.15) is 15.2 Å². The Morgan fingerprint density at radius 2 is 2.16 bits per heavy atom. The van der Waals surface area contributed by atoms with Crippen LogP contribution in [-0.4, -0.2) is 24.0 Å². The maximum atomic E-state index is 12.2. The third-order valence-electron chi connectivity index (χ3n) is 2.67. The number of nitrogens with two attached hydrogens (primary N) is 1. The molecule has 1 amide bonds. The lowest BCUT2D eigenvalue weighted by Gasteiger charge is -2.17. The Kier molecular flexibility index (Phi) is 3.82. The summed E-state index contributed by atoms with van der Waals surface area (Å²) in [6, 6.07) is 10.6. The van der Waals surface area contributed by atoms with Crippen molar-refractivity contribution in [1.82, 2.24) is 0 Å². The largest absolute Gasteiger partial charge is 0.409 e. The van der Waals surface area contributed by atoms with Gasteiger partial charge < -0.3 is 15.8 Å². The van der Waals surface area contributed by atoms with Gasteiger partial charge in [0.15, 0.2) is 5.84 Å². The Labute approximate surface area is 114 Å². The highest BCUT2D eigenvalue weighted by molar-refractivity contribution is 7.12. The number of amidine groups is 1. The van der Waals surface area contributed by atoms with Crippen molar-refractivity contribution in [2.24, 2.45) is 10.9 Å². The van der Waals surface area contributed by atoms with E-state index < -0.39 is 0 Å². The maximum absolute atomic E-state index is 12.2. The number of amides is 1. The molecule has 0 fully saturated rings. The van der Waals surface area contributed by atoms with Crippen molar-refractivity contribution < 1.29 is 10.0 Å². The maximum Gasteiger partial charge on any atom is 0.268 e. The van der Waals surface area contributed by atoms with Crippen LogP contribution in [0.4, 0.5) is 5.69 Å². The molecule has 0 bridgehead atoms. The van der Waals surface area contributed by atoms with Crippen LogP contribution in [0.2, 0.25) is 0 Å². The second-order valence-corrected chi connectivity index (χ2v) is 4.82. The number of benzene rings is 1. The summed E-state index contributed by atoms with van der Waals surface area (Å²) in [5.74, 6) is -0.0783. The minimum absolute atomic E-state index is 0.0128. The first-order valence-electron chi connectivity index (χ1n) is 5.53. The standard InChI is InChI=1S/C13H13N3O2S/c1-16(13(17)11-6-3-7-19-11)10-5-2-4-9(8-10)12(14)15-18/h2-8,18H,1H3,(H2,14,15). The number of carbonyl (C=O) groups is 1. The molecule has 3 N–H and O–H groups in total. The Bertz CT molecular complexity index is 608. The van der Waals surface area contributed by atoms with E-state index in [1.807, 2.05) is 11.4 Å². The van der Waals surface area contributed by atoms with Crippen molar-refractivity contribution in [3.8, 4) is 0 Å². The topological polar surface area (TPSA) is 78.9 Å². The molecular formula is C13H13N3O2S. The lowest BCUT2D eigenvalue weighted by molar-refractivity contribution is 0.0997. The zero-order valence-electron chi connectivity index (χ0n) is 10.3. The average molecular weight is 275 g/mol. The van der Waals surface area contributed by atoms with E-state index in [1.54, 1.807) is 37.4 Å². The van der Waals surface area contributed by atoms with Crippen LogP contribution in [0, 0.1) is 0 Å². The van der Waals surface area contributed by atoms with Gasteiger partial charge in [0.1, 0.15) is 0 Å². The molecule has 0 aliphatic heterocycles. The normalized spacial score (nSPS) is 11.3. The van der Waals surface area contributed by atoms with Gasteiger partial charge in [-0.25, -0.2) is 0 Å². The number of nitrogens with zero attached hydrogens (tertiary/aromatic N) is 2. The van der Waals surface area contributed by atoms with Gasteiger partial charge in [0.2, 0.25) is 0 Å². The van der Waals surface area contributed by atoms with Gasteiger partial charge in [-0.2, -0.15) is 0 Å². The molecule has 0 atom stereocenters. The second-order valence-electron chi connectivity index (χ2n) is 3.88. The Morgan fingerprint density at radius 1 is 1.37 bits per heavy atom. The molecule has 0 unspecified atom stereocenters. The molecule has 2 rings (SSSR count). The van der Waals surface area contributed by atoms with Crippen molar-refractivity contribution in [3.05, 3.63) is 52.2 Å². The van der Waals surface area contributed by atoms with E-state index in [1.165, 1.54) is 16.2 Å². The highest BCUT2D eigenvalue weighted by Gasteiger charge is 2.14. The van der Waals surface area contributed by atoms with Gasteiger partial charge in [0, 0.05) is 18.3 Å². The van der Waals surface area contributed by atoms with Crippen molar-refractivity contribution in [2.45, 2.75) is 0 Å². The predicted octanol–water partition coefficient (Wildman–Crippen LogP) is 2.12. The summed E-state index contributed by atoms with van der Waals surface area (Å²) >= 11 is 1.39. The van der Waals surface area contributed by atoms with E-state index in [0.29, 0.717) is 16.1 Å². The van der Waals surface area contributed by atoms with Gasteiger partial charge in [-0.3, -0.25) is 4.79 Å². The zero-order valence-corrected chi connectivity index (χ0v) is 11.1. The monoisotopic (exact) mass is 275 g/mol. The summed E-state index contributed by atoms with van der Waals surface area (Å²) in [4.78, 5) is 14.4. The van der Waals surface area contributed by atoms with E-state index in [0.717, 1.165) is 0 Å². The first kappa shape index (κ1) is 13.1. The number of anilines is 1. The molecule has 19 heavy (non-hydrogen) atoms. The van der Waals surface area contributed by atoms with Crippen LogP contribution < -0.4 is 10.6 Å². The average Bonchev–Trinajstić information content (AvgIpc) is 2.99. The lowest BCUT2D eigenvalue weighted by atomic mass is 10.1. The van der Waals surface area contributed by atoms with E-state index >= 15 is 0 Å². The first-order valence-corrected chi connectivity index (χ1v) is 6.41. The van der Waals surface area contributed by atoms with Gasteiger partial charge in [0.05, 0.1) is 4.88 Å². The molecule has 0 saturated heterocycles. The molecule has 98 valence electrons. The van der Waals surface area contributed by atoms with Crippen LogP contribution in [0.15, 0.2) is 46.9 Å². The molecule has 6 heteroatoms. The van der Waals surface area contributed by atoms with Crippen molar-refractivity contribution >= 4 is 28.8 Å². The molecular weight excluding hydrogens is 262 g/mol. The molecule has 5 nitrogen and oxygen atoms in total. The van der Waals surface area contributed by atoms with Crippen LogP contribution >= 0.6 is 11.3 Å². The van der Waals surface area contributed by atoms with Gasteiger partial charge in [0.25, 0.3) is 5.91 Å². The summed E-state index contributed by atoms with van der Waals surface area (Å²) in [7, 11) is 1.69. The molecule has 0 spiro atoms. The number of thiophene rings is 1. The molecule has 1 aromatic heterocycles. The fraction of sp³-hybridized carbons (Fsp3) is 0.0769. The van der Waals surface area contributed by atoms with E-state index in [9.17, 15) is 4.79 Å². The Balaban J connectivity index is 2.29. The number of carbonyl (C=O) groups excluding carboxylic acids is 1. The zero-order chi connectivity index (χ0) is 13.8. The van der Waals surface area contributed by atoms with E-state index in [4.69, 9.17) is 10.9 Å². The second kappa shape index (κ2) is 5.53. The third-order valence-corrected chi connectivity index (χ3v) is 3.53. The lowest BCUT2D eigenvalue weighted by Crippen LogP contribution is -2.25. The Hall–Kier alpha value is -2.34. The van der Waals surface area contributed by atoms with Crippen LogP contribution in [-0.2, 0) is 0 Å². The highest BCUT2D eigenvalue weighted by atomic mass is 32.1. The predicted molar refractivity (Wildman–Crippen MR) is 76.0 cm³/mol. The number of hydrogen-bond acceptors (Lipinski definition) is 4. The smallest absolute Gasteiger partial charge is 0.268 e. The first-order chi connectivity index (χ1) is 9.13. The molecule has 1 heterocycles. The summed E-state index contributed by atoms with van der Waals surface area (Å²) in [6.07, 6.45) is 0. The van der Waals surface area contributed by atoms with Crippen molar-refractivity contribution in [1.29, 1.82) is 0 Å². The highest BCUT2D eigenvalue weighted by Crippen LogP contribution is 2.19. The number of hydrogen-bond donors (Lipinski definition) is 2. The van der Waals surface area contributed by atoms with Gasteiger partial charge in [-0.15, -0.1) is 11.3 Å². The van der Waals surface area contributed by atoms with E-state index in [-0.39, 0.29) is 11.7 Å². The van der Waals surface area contributed by atoms with Gasteiger partial charge in [-0.05, 0) is 23.6 Å². The molecule has 0 aliphatic rings. The minimum Gasteiger partial charge on any atom is -0.409 e. The molecule has 2 aromatic rings. The number of oxime groups is 1.